The molecule has 0 saturated heterocycles. The highest BCUT2D eigenvalue weighted by Crippen LogP contribution is 2.23. The summed E-state index contributed by atoms with van der Waals surface area (Å²) >= 11 is 5.96. The lowest BCUT2D eigenvalue weighted by atomic mass is 10.2. The van der Waals surface area contributed by atoms with E-state index in [-0.39, 0.29) is 0 Å². The highest BCUT2D eigenvalue weighted by atomic mass is 35.5. The van der Waals surface area contributed by atoms with Gasteiger partial charge >= 0.3 is 0 Å². The zero-order valence-corrected chi connectivity index (χ0v) is 10.6. The molecular formula is C14H12ClN3. The number of nitrogens with one attached hydrogen (secondary N) is 1. The van der Waals surface area contributed by atoms with E-state index in [1.54, 1.807) is 0 Å². The van der Waals surface area contributed by atoms with Crippen LogP contribution in [-0.2, 0) is 7.05 Å². The van der Waals surface area contributed by atoms with Crippen LogP contribution in [0.2, 0.25) is 5.02 Å². The third kappa shape index (κ3) is 2.05. The van der Waals surface area contributed by atoms with Gasteiger partial charge in [0.25, 0.3) is 0 Å². The van der Waals surface area contributed by atoms with Crippen molar-refractivity contribution in [1.82, 2.24) is 9.78 Å². The van der Waals surface area contributed by atoms with Crippen LogP contribution in [0.3, 0.4) is 0 Å². The lowest BCUT2D eigenvalue weighted by molar-refractivity contribution is 0.797. The van der Waals surface area contributed by atoms with Crippen molar-refractivity contribution in [1.29, 1.82) is 0 Å². The molecule has 0 aliphatic carbocycles. The molecule has 1 heterocycles. The largest absolute Gasteiger partial charge is 0.355 e. The Morgan fingerprint density at radius 1 is 1.11 bits per heavy atom. The first-order valence-electron chi connectivity index (χ1n) is 5.67. The Hall–Kier alpha value is -2.00. The van der Waals surface area contributed by atoms with Gasteiger partial charge in [-0.25, -0.2) is 0 Å². The summed E-state index contributed by atoms with van der Waals surface area (Å²) in [5.41, 5.74) is 3.10. The van der Waals surface area contributed by atoms with Crippen LogP contribution < -0.4 is 5.32 Å². The van der Waals surface area contributed by atoms with Crippen LogP contribution in [0, 0.1) is 0 Å². The molecule has 4 heteroatoms. The van der Waals surface area contributed by atoms with Gasteiger partial charge in [-0.2, -0.15) is 5.10 Å². The molecule has 0 aliphatic heterocycles. The number of nitrogens with zero attached hydrogens (tertiary/aromatic N) is 2. The predicted octanol–water partition coefficient (Wildman–Crippen LogP) is 3.97. The molecule has 0 spiro atoms. The van der Waals surface area contributed by atoms with Gasteiger partial charge < -0.3 is 5.32 Å². The van der Waals surface area contributed by atoms with E-state index in [1.807, 2.05) is 48.3 Å². The SMILES string of the molecule is Cn1ncc2ccc(Nc3cccc(Cl)c3)cc21. The van der Waals surface area contributed by atoms with Crippen LogP contribution in [0.25, 0.3) is 10.9 Å². The molecule has 3 rings (SSSR count). The van der Waals surface area contributed by atoms with Gasteiger partial charge in [-0.05, 0) is 36.4 Å². The van der Waals surface area contributed by atoms with E-state index in [2.05, 4.69) is 22.5 Å². The Labute approximate surface area is 110 Å². The van der Waals surface area contributed by atoms with E-state index in [0.717, 1.165) is 27.3 Å². The van der Waals surface area contributed by atoms with Gasteiger partial charge in [-0.1, -0.05) is 17.7 Å². The number of fused-ring (bicyclic) bond motifs is 1. The van der Waals surface area contributed by atoms with Crippen LogP contribution in [0.5, 0.6) is 0 Å². The second-order valence-corrected chi connectivity index (χ2v) is 4.61. The highest BCUT2D eigenvalue weighted by molar-refractivity contribution is 6.30. The molecule has 0 bridgehead atoms. The number of benzene rings is 2. The van der Waals surface area contributed by atoms with E-state index in [1.165, 1.54) is 0 Å². The zero-order chi connectivity index (χ0) is 12.5. The molecule has 18 heavy (non-hydrogen) atoms. The summed E-state index contributed by atoms with van der Waals surface area (Å²) < 4.78 is 1.86. The average molecular weight is 258 g/mol. The molecule has 2 aromatic carbocycles. The lowest BCUT2D eigenvalue weighted by Gasteiger charge is -2.07. The van der Waals surface area contributed by atoms with Crippen molar-refractivity contribution >= 4 is 33.9 Å². The van der Waals surface area contributed by atoms with Crippen molar-refractivity contribution in [3.63, 3.8) is 0 Å². The molecule has 3 aromatic rings. The number of anilines is 2. The van der Waals surface area contributed by atoms with Crippen molar-refractivity contribution in [3.8, 4) is 0 Å². The highest BCUT2D eigenvalue weighted by Gasteiger charge is 2.01. The number of hydrogen-bond donors (Lipinski definition) is 1. The molecule has 0 amide bonds. The maximum atomic E-state index is 5.96. The fraction of sp³-hybridized carbons (Fsp3) is 0.0714. The van der Waals surface area contributed by atoms with Crippen LogP contribution in [-0.4, -0.2) is 9.78 Å². The molecule has 0 radical (unpaired) electrons. The first kappa shape index (κ1) is 11.1. The van der Waals surface area contributed by atoms with E-state index in [0.29, 0.717) is 0 Å². The van der Waals surface area contributed by atoms with E-state index in [9.17, 15) is 0 Å². The van der Waals surface area contributed by atoms with Gasteiger partial charge in [0.15, 0.2) is 0 Å². The Bertz CT molecular complexity index is 703. The van der Waals surface area contributed by atoms with Crippen LogP contribution in [0.15, 0.2) is 48.7 Å². The molecule has 90 valence electrons. The van der Waals surface area contributed by atoms with Crippen LogP contribution in [0.4, 0.5) is 11.4 Å². The number of rotatable bonds is 2. The smallest absolute Gasteiger partial charge is 0.0699 e. The van der Waals surface area contributed by atoms with Gasteiger partial charge in [-0.3, -0.25) is 4.68 Å². The molecule has 1 aromatic heterocycles. The van der Waals surface area contributed by atoms with Crippen molar-refractivity contribution in [2.75, 3.05) is 5.32 Å². The summed E-state index contributed by atoms with van der Waals surface area (Å²) in [6.45, 7) is 0. The Morgan fingerprint density at radius 2 is 1.94 bits per heavy atom. The maximum Gasteiger partial charge on any atom is 0.0699 e. The Morgan fingerprint density at radius 3 is 2.78 bits per heavy atom. The number of hydrogen-bond acceptors (Lipinski definition) is 2. The number of aryl methyl sites for hydroxylation is 1. The Kier molecular flexibility index (Phi) is 2.68. The fourth-order valence-corrected chi connectivity index (χ4v) is 2.15. The standard InChI is InChI=1S/C14H12ClN3/c1-18-14-8-13(6-5-10(14)9-16-18)17-12-4-2-3-11(15)7-12/h2-9,17H,1H3. The molecule has 0 fully saturated rings. The first-order chi connectivity index (χ1) is 8.72. The van der Waals surface area contributed by atoms with Gasteiger partial charge in [0.1, 0.15) is 0 Å². The lowest BCUT2D eigenvalue weighted by Crippen LogP contribution is -1.92. The zero-order valence-electron chi connectivity index (χ0n) is 9.89. The summed E-state index contributed by atoms with van der Waals surface area (Å²) in [6, 6.07) is 13.8. The summed E-state index contributed by atoms with van der Waals surface area (Å²) in [7, 11) is 1.94. The van der Waals surface area contributed by atoms with Crippen LogP contribution in [0.1, 0.15) is 0 Å². The topological polar surface area (TPSA) is 29.9 Å². The van der Waals surface area contributed by atoms with E-state index < -0.39 is 0 Å². The summed E-state index contributed by atoms with van der Waals surface area (Å²) in [4.78, 5) is 0. The molecule has 0 aliphatic rings. The second kappa shape index (κ2) is 4.35. The van der Waals surface area contributed by atoms with Gasteiger partial charge in [-0.15, -0.1) is 0 Å². The minimum Gasteiger partial charge on any atom is -0.355 e. The van der Waals surface area contributed by atoms with E-state index >= 15 is 0 Å². The third-order valence-electron chi connectivity index (χ3n) is 2.86. The molecule has 1 N–H and O–H groups in total. The van der Waals surface area contributed by atoms with Crippen molar-refractivity contribution in [2.45, 2.75) is 0 Å². The first-order valence-corrected chi connectivity index (χ1v) is 6.04. The molecule has 3 nitrogen and oxygen atoms in total. The Balaban J connectivity index is 1.97. The molecule has 0 atom stereocenters. The summed E-state index contributed by atoms with van der Waals surface area (Å²) in [5.74, 6) is 0. The summed E-state index contributed by atoms with van der Waals surface area (Å²) in [5, 5.41) is 9.41. The minimum atomic E-state index is 0.724. The summed E-state index contributed by atoms with van der Waals surface area (Å²) in [6.07, 6.45) is 1.86. The van der Waals surface area contributed by atoms with Crippen molar-refractivity contribution < 1.29 is 0 Å². The fourth-order valence-electron chi connectivity index (χ4n) is 1.95. The van der Waals surface area contributed by atoms with Gasteiger partial charge in [0.2, 0.25) is 0 Å². The maximum absolute atomic E-state index is 5.96. The number of halogens is 1. The third-order valence-corrected chi connectivity index (χ3v) is 3.10. The molecule has 0 saturated carbocycles. The molecular weight excluding hydrogens is 246 g/mol. The molecule has 0 unspecified atom stereocenters. The van der Waals surface area contributed by atoms with Crippen molar-refractivity contribution in [2.24, 2.45) is 7.05 Å². The second-order valence-electron chi connectivity index (χ2n) is 4.18. The van der Waals surface area contributed by atoms with Crippen molar-refractivity contribution in [3.05, 3.63) is 53.7 Å². The van der Waals surface area contributed by atoms with E-state index in [4.69, 9.17) is 11.6 Å². The number of aromatic nitrogens is 2. The predicted molar refractivity (Wildman–Crippen MR) is 75.4 cm³/mol. The van der Waals surface area contributed by atoms with Gasteiger partial charge in [0, 0.05) is 28.8 Å². The van der Waals surface area contributed by atoms with Gasteiger partial charge in [0.05, 0.1) is 11.7 Å². The quantitative estimate of drug-likeness (QED) is 0.753. The van der Waals surface area contributed by atoms with Crippen LogP contribution >= 0.6 is 11.6 Å². The normalized spacial score (nSPS) is 10.8. The average Bonchev–Trinajstić information content (AvgIpc) is 2.71. The minimum absolute atomic E-state index is 0.724. The monoisotopic (exact) mass is 257 g/mol.